The highest BCUT2D eigenvalue weighted by atomic mass is 32.2. The maximum Gasteiger partial charge on any atom is 0.323 e. The molecule has 1 saturated heterocycles. The minimum absolute atomic E-state index is 0.00113. The summed E-state index contributed by atoms with van der Waals surface area (Å²) in [7, 11) is 0. The van der Waals surface area contributed by atoms with Crippen LogP contribution >= 0.6 is 11.8 Å². The zero-order valence-corrected chi connectivity index (χ0v) is 13.0. The number of anilines is 2. The minimum Gasteiger partial charge on any atom is -0.461 e. The highest BCUT2D eigenvalue weighted by Gasteiger charge is 2.29. The number of hydrazine groups is 1. The Kier molecular flexibility index (Phi) is 4.87. The van der Waals surface area contributed by atoms with Crippen LogP contribution < -0.4 is 21.3 Å². The molecule has 1 fully saturated rings. The van der Waals surface area contributed by atoms with Crippen LogP contribution in [0.25, 0.3) is 0 Å². The van der Waals surface area contributed by atoms with Crippen LogP contribution in [0.5, 0.6) is 6.01 Å². The summed E-state index contributed by atoms with van der Waals surface area (Å²) in [4.78, 5) is 12.5. The fraction of sp³-hybridized carbons (Fsp3) is 0.750. The Labute approximate surface area is 123 Å². The van der Waals surface area contributed by atoms with Crippen molar-refractivity contribution in [3.8, 4) is 6.01 Å². The highest BCUT2D eigenvalue weighted by molar-refractivity contribution is 8.00. The molecule has 1 aromatic rings. The molecule has 4 N–H and O–H groups in total. The first-order chi connectivity index (χ1) is 9.50. The van der Waals surface area contributed by atoms with Crippen LogP contribution in [0.4, 0.5) is 11.9 Å². The van der Waals surface area contributed by atoms with Gasteiger partial charge in [-0.25, -0.2) is 5.84 Å². The standard InChI is InChI=1S/C12H22N6OS/c1-8(2)19-11-16-9(15-10(17-11)18-13)14-7-12(3)5-4-6-20-12/h8H,4-7,13H2,1-3H3,(H2,14,15,16,17,18). The van der Waals surface area contributed by atoms with Gasteiger partial charge in [0, 0.05) is 11.3 Å². The number of hydrogen-bond acceptors (Lipinski definition) is 8. The van der Waals surface area contributed by atoms with Gasteiger partial charge in [0.25, 0.3) is 0 Å². The molecule has 1 atom stereocenters. The van der Waals surface area contributed by atoms with E-state index in [1.165, 1.54) is 18.6 Å². The second-order valence-corrected chi connectivity index (χ2v) is 7.01. The van der Waals surface area contributed by atoms with Crippen LogP contribution in [0.15, 0.2) is 0 Å². The van der Waals surface area contributed by atoms with Crippen LogP contribution in [-0.2, 0) is 0 Å². The Balaban J connectivity index is 2.05. The summed E-state index contributed by atoms with van der Waals surface area (Å²) >= 11 is 1.98. The van der Waals surface area contributed by atoms with Crippen molar-refractivity contribution in [2.75, 3.05) is 23.0 Å². The molecule has 0 saturated carbocycles. The molecule has 0 aromatic carbocycles. The summed E-state index contributed by atoms with van der Waals surface area (Å²) in [5, 5.41) is 3.26. The first-order valence-electron chi connectivity index (χ1n) is 6.78. The molecular weight excluding hydrogens is 276 g/mol. The van der Waals surface area contributed by atoms with E-state index in [1.807, 2.05) is 25.6 Å². The molecule has 2 rings (SSSR count). The van der Waals surface area contributed by atoms with E-state index in [9.17, 15) is 0 Å². The van der Waals surface area contributed by atoms with Crippen LogP contribution in [0.1, 0.15) is 33.6 Å². The van der Waals surface area contributed by atoms with Gasteiger partial charge in [-0.3, -0.25) is 5.43 Å². The van der Waals surface area contributed by atoms with Crippen LogP contribution in [0, 0.1) is 0 Å². The molecule has 0 spiro atoms. The lowest BCUT2D eigenvalue weighted by Crippen LogP contribution is -2.28. The Morgan fingerprint density at radius 2 is 2.10 bits per heavy atom. The van der Waals surface area contributed by atoms with E-state index in [0.29, 0.717) is 11.9 Å². The molecule has 0 bridgehead atoms. The molecule has 1 unspecified atom stereocenters. The first kappa shape index (κ1) is 15.1. The third-order valence-electron chi connectivity index (χ3n) is 3.01. The van der Waals surface area contributed by atoms with Crippen LogP contribution in [0.3, 0.4) is 0 Å². The van der Waals surface area contributed by atoms with Crippen LogP contribution in [-0.4, -0.2) is 38.1 Å². The number of aromatic nitrogens is 3. The van der Waals surface area contributed by atoms with Crippen molar-refractivity contribution in [1.82, 2.24) is 15.0 Å². The molecule has 8 heteroatoms. The van der Waals surface area contributed by atoms with Gasteiger partial charge in [0.05, 0.1) is 6.10 Å². The number of nitrogen functional groups attached to an aromatic ring is 1. The predicted molar refractivity (Wildman–Crippen MR) is 82.0 cm³/mol. The number of nitrogens with one attached hydrogen (secondary N) is 2. The number of rotatable bonds is 6. The number of ether oxygens (including phenoxy) is 1. The van der Waals surface area contributed by atoms with Gasteiger partial charge in [0.2, 0.25) is 11.9 Å². The SMILES string of the molecule is CC(C)Oc1nc(NN)nc(NCC2(C)CCCS2)n1. The van der Waals surface area contributed by atoms with Crippen LogP contribution in [0.2, 0.25) is 0 Å². The monoisotopic (exact) mass is 298 g/mol. The average molecular weight is 298 g/mol. The normalized spacial score (nSPS) is 22.1. The molecule has 0 aliphatic carbocycles. The molecule has 2 heterocycles. The van der Waals surface area contributed by atoms with Gasteiger partial charge in [-0.05, 0) is 39.4 Å². The number of thioether (sulfide) groups is 1. The zero-order chi connectivity index (χ0) is 14.6. The molecule has 0 amide bonds. The van der Waals surface area contributed by atoms with Crippen molar-refractivity contribution < 1.29 is 4.74 Å². The van der Waals surface area contributed by atoms with Crippen molar-refractivity contribution in [2.45, 2.75) is 44.5 Å². The molecule has 1 aliphatic heterocycles. The summed E-state index contributed by atoms with van der Waals surface area (Å²) in [6, 6.07) is 0.273. The predicted octanol–water partition coefficient (Wildman–Crippen LogP) is 1.64. The summed E-state index contributed by atoms with van der Waals surface area (Å²) in [6.45, 7) is 6.91. The Hall–Kier alpha value is -1.28. The molecule has 1 aromatic heterocycles. The van der Waals surface area contributed by atoms with Crippen molar-refractivity contribution >= 4 is 23.7 Å². The Morgan fingerprint density at radius 1 is 1.35 bits per heavy atom. The first-order valence-corrected chi connectivity index (χ1v) is 7.76. The summed E-state index contributed by atoms with van der Waals surface area (Å²) < 4.78 is 5.73. The fourth-order valence-corrected chi connectivity index (χ4v) is 3.25. The number of nitrogens with zero attached hydrogens (tertiary/aromatic N) is 3. The molecule has 20 heavy (non-hydrogen) atoms. The van der Waals surface area contributed by atoms with Gasteiger partial charge in [0.1, 0.15) is 0 Å². The van der Waals surface area contributed by atoms with Gasteiger partial charge in [-0.2, -0.15) is 26.7 Å². The smallest absolute Gasteiger partial charge is 0.323 e. The van der Waals surface area contributed by atoms with Gasteiger partial charge in [0.15, 0.2) is 0 Å². The van der Waals surface area contributed by atoms with Gasteiger partial charge < -0.3 is 10.1 Å². The molecular formula is C12H22N6OS. The third-order valence-corrected chi connectivity index (χ3v) is 4.54. The largest absolute Gasteiger partial charge is 0.461 e. The molecule has 7 nitrogen and oxygen atoms in total. The lowest BCUT2D eigenvalue weighted by molar-refractivity contribution is 0.222. The van der Waals surface area contributed by atoms with Gasteiger partial charge in [-0.15, -0.1) is 0 Å². The molecule has 0 radical (unpaired) electrons. The lowest BCUT2D eigenvalue weighted by Gasteiger charge is -2.23. The van der Waals surface area contributed by atoms with E-state index in [2.05, 4.69) is 32.6 Å². The van der Waals surface area contributed by atoms with E-state index in [4.69, 9.17) is 10.6 Å². The van der Waals surface area contributed by atoms with Crippen molar-refractivity contribution in [2.24, 2.45) is 5.84 Å². The minimum atomic E-state index is -0.00113. The highest BCUT2D eigenvalue weighted by Crippen LogP contribution is 2.37. The van der Waals surface area contributed by atoms with E-state index in [-0.39, 0.29) is 16.9 Å². The molecule has 112 valence electrons. The molecule has 1 aliphatic rings. The summed E-state index contributed by atoms with van der Waals surface area (Å²) in [6.07, 6.45) is 2.46. The van der Waals surface area contributed by atoms with E-state index < -0.39 is 0 Å². The van der Waals surface area contributed by atoms with E-state index in [1.54, 1.807) is 0 Å². The fourth-order valence-electron chi connectivity index (χ4n) is 2.01. The van der Waals surface area contributed by atoms with Gasteiger partial charge >= 0.3 is 6.01 Å². The maximum absolute atomic E-state index is 5.49. The summed E-state index contributed by atoms with van der Waals surface area (Å²) in [5.74, 6) is 7.36. The number of nitrogens with two attached hydrogens (primary N) is 1. The van der Waals surface area contributed by atoms with Gasteiger partial charge in [-0.1, -0.05) is 0 Å². The zero-order valence-electron chi connectivity index (χ0n) is 12.1. The topological polar surface area (TPSA) is 98.0 Å². The lowest BCUT2D eigenvalue weighted by atomic mass is 10.1. The second kappa shape index (κ2) is 6.45. The summed E-state index contributed by atoms with van der Waals surface area (Å²) in [5.41, 5.74) is 2.43. The van der Waals surface area contributed by atoms with E-state index >= 15 is 0 Å². The Bertz CT molecular complexity index is 450. The van der Waals surface area contributed by atoms with E-state index in [0.717, 1.165) is 6.54 Å². The Morgan fingerprint density at radius 3 is 2.70 bits per heavy atom. The average Bonchev–Trinajstić information content (AvgIpc) is 2.83. The van der Waals surface area contributed by atoms with Crippen molar-refractivity contribution in [3.63, 3.8) is 0 Å². The maximum atomic E-state index is 5.49. The second-order valence-electron chi connectivity index (χ2n) is 5.33. The van der Waals surface area contributed by atoms with Crippen molar-refractivity contribution in [3.05, 3.63) is 0 Å². The van der Waals surface area contributed by atoms with Crippen molar-refractivity contribution in [1.29, 1.82) is 0 Å². The number of hydrogen-bond donors (Lipinski definition) is 3. The quantitative estimate of drug-likeness (QED) is 0.538. The third kappa shape index (κ3) is 4.11.